The first kappa shape index (κ1) is 21.6. The highest BCUT2D eigenvalue weighted by molar-refractivity contribution is 6.01. The van der Waals surface area contributed by atoms with Gasteiger partial charge in [-0.15, -0.1) is 0 Å². The van der Waals surface area contributed by atoms with Crippen LogP contribution in [-0.2, 0) is 25.7 Å². The highest BCUT2D eigenvalue weighted by atomic mass is 16.6. The van der Waals surface area contributed by atoms with Crippen LogP contribution >= 0.6 is 0 Å². The summed E-state index contributed by atoms with van der Waals surface area (Å²) in [7, 11) is 0. The lowest BCUT2D eigenvalue weighted by molar-refractivity contribution is -0.146. The summed E-state index contributed by atoms with van der Waals surface area (Å²) in [5.41, 5.74) is 4.14. The van der Waals surface area contributed by atoms with Gasteiger partial charge in [0.15, 0.2) is 6.10 Å². The van der Waals surface area contributed by atoms with Gasteiger partial charge in [-0.2, -0.15) is 0 Å². The van der Waals surface area contributed by atoms with E-state index in [1.54, 1.807) is 11.8 Å². The van der Waals surface area contributed by atoms with E-state index in [-0.39, 0.29) is 30.8 Å². The molecule has 0 radical (unpaired) electrons. The van der Waals surface area contributed by atoms with Gasteiger partial charge in [0.1, 0.15) is 0 Å². The lowest BCUT2D eigenvalue weighted by atomic mass is 10.0. The fourth-order valence-electron chi connectivity index (χ4n) is 3.35. The minimum Gasteiger partial charge on any atom is -0.466 e. The number of esters is 1. The predicted octanol–water partition coefficient (Wildman–Crippen LogP) is 3.86. The molecule has 1 aliphatic heterocycles. The van der Waals surface area contributed by atoms with Crippen molar-refractivity contribution in [3.63, 3.8) is 0 Å². The molecule has 2 aromatic rings. The summed E-state index contributed by atoms with van der Waals surface area (Å²) in [6.45, 7) is 4.99. The molecule has 30 heavy (non-hydrogen) atoms. The van der Waals surface area contributed by atoms with E-state index >= 15 is 0 Å². The quantitative estimate of drug-likeness (QED) is 0.591. The Morgan fingerprint density at radius 3 is 2.53 bits per heavy atom. The first-order valence-corrected chi connectivity index (χ1v) is 10.3. The van der Waals surface area contributed by atoms with Crippen molar-refractivity contribution in [1.82, 2.24) is 4.90 Å². The van der Waals surface area contributed by atoms with Gasteiger partial charge in [-0.1, -0.05) is 65.3 Å². The van der Waals surface area contributed by atoms with E-state index < -0.39 is 0 Å². The molecule has 1 atom stereocenters. The highest BCUT2D eigenvalue weighted by Gasteiger charge is 2.27. The molecule has 0 saturated heterocycles. The minimum absolute atomic E-state index is 0.0780. The zero-order valence-electron chi connectivity index (χ0n) is 17.5. The van der Waals surface area contributed by atoms with Crippen LogP contribution < -0.4 is 0 Å². The van der Waals surface area contributed by atoms with Crippen molar-refractivity contribution < 1.29 is 19.2 Å². The normalized spacial score (nSPS) is 15.3. The first-order valence-electron chi connectivity index (χ1n) is 10.3. The SMILES string of the molecule is CCOC(=O)CCC(=O)N(Cc1ccccc1)CC1CC(c2ccc(C)cc2)=NO1. The van der Waals surface area contributed by atoms with E-state index in [4.69, 9.17) is 9.57 Å². The van der Waals surface area contributed by atoms with E-state index in [0.29, 0.717) is 26.1 Å². The average Bonchev–Trinajstić information content (AvgIpc) is 3.21. The Morgan fingerprint density at radius 2 is 1.83 bits per heavy atom. The van der Waals surface area contributed by atoms with Crippen LogP contribution in [0.1, 0.15) is 42.9 Å². The monoisotopic (exact) mass is 408 g/mol. The smallest absolute Gasteiger partial charge is 0.306 e. The van der Waals surface area contributed by atoms with Crippen LogP contribution in [0, 0.1) is 6.92 Å². The fourth-order valence-corrected chi connectivity index (χ4v) is 3.35. The molecule has 0 aromatic heterocycles. The van der Waals surface area contributed by atoms with Crippen molar-refractivity contribution in [2.45, 2.75) is 45.8 Å². The summed E-state index contributed by atoms with van der Waals surface area (Å²) in [6, 6.07) is 18.0. The van der Waals surface area contributed by atoms with Gasteiger partial charge >= 0.3 is 5.97 Å². The molecule has 0 aliphatic carbocycles. The minimum atomic E-state index is -0.354. The van der Waals surface area contributed by atoms with E-state index in [1.807, 2.05) is 61.5 Å². The molecule has 3 rings (SSSR count). The van der Waals surface area contributed by atoms with Crippen LogP contribution in [0.15, 0.2) is 59.8 Å². The lowest BCUT2D eigenvalue weighted by Gasteiger charge is -2.25. The number of amides is 1. The summed E-state index contributed by atoms with van der Waals surface area (Å²) in [6.07, 6.45) is 0.620. The third kappa shape index (κ3) is 6.17. The zero-order chi connectivity index (χ0) is 21.3. The van der Waals surface area contributed by atoms with Crippen LogP contribution in [0.4, 0.5) is 0 Å². The number of hydrogen-bond acceptors (Lipinski definition) is 5. The highest BCUT2D eigenvalue weighted by Crippen LogP contribution is 2.19. The van der Waals surface area contributed by atoms with Gasteiger partial charge in [0.2, 0.25) is 5.91 Å². The van der Waals surface area contributed by atoms with Crippen LogP contribution in [0.3, 0.4) is 0 Å². The second-order valence-electron chi connectivity index (χ2n) is 7.40. The molecule has 0 fully saturated rings. The Kier molecular flexibility index (Phi) is 7.60. The van der Waals surface area contributed by atoms with Gasteiger partial charge in [0.05, 0.1) is 25.3 Å². The first-order chi connectivity index (χ1) is 14.5. The maximum absolute atomic E-state index is 12.9. The lowest BCUT2D eigenvalue weighted by Crippen LogP contribution is -2.37. The summed E-state index contributed by atoms with van der Waals surface area (Å²) >= 11 is 0. The Hall–Kier alpha value is -3.15. The Morgan fingerprint density at radius 1 is 1.10 bits per heavy atom. The Labute approximate surface area is 177 Å². The molecule has 0 bridgehead atoms. The molecule has 1 heterocycles. The van der Waals surface area contributed by atoms with Gasteiger partial charge in [-0.3, -0.25) is 9.59 Å². The van der Waals surface area contributed by atoms with Gasteiger partial charge in [-0.25, -0.2) is 0 Å². The van der Waals surface area contributed by atoms with E-state index in [2.05, 4.69) is 5.16 Å². The molecule has 0 saturated carbocycles. The zero-order valence-corrected chi connectivity index (χ0v) is 17.5. The Bertz CT molecular complexity index is 878. The number of nitrogens with zero attached hydrogens (tertiary/aromatic N) is 2. The third-order valence-electron chi connectivity index (χ3n) is 4.96. The molecule has 1 unspecified atom stereocenters. The van der Waals surface area contributed by atoms with Crippen molar-refractivity contribution in [1.29, 1.82) is 0 Å². The number of benzene rings is 2. The largest absolute Gasteiger partial charge is 0.466 e. The predicted molar refractivity (Wildman–Crippen MR) is 115 cm³/mol. The summed E-state index contributed by atoms with van der Waals surface area (Å²) < 4.78 is 4.94. The number of carbonyl (C=O) groups excluding carboxylic acids is 2. The topological polar surface area (TPSA) is 68.2 Å². The number of rotatable bonds is 9. The summed E-state index contributed by atoms with van der Waals surface area (Å²) in [5, 5.41) is 4.24. The second-order valence-corrected chi connectivity index (χ2v) is 7.40. The Balaban J connectivity index is 1.62. The van der Waals surface area contributed by atoms with Crippen LogP contribution in [0.5, 0.6) is 0 Å². The summed E-state index contributed by atoms with van der Waals surface area (Å²) in [5.74, 6) is -0.452. The maximum atomic E-state index is 12.9. The fraction of sp³-hybridized carbons (Fsp3) is 0.375. The molecule has 2 aromatic carbocycles. The molecule has 0 spiro atoms. The van der Waals surface area contributed by atoms with E-state index in [0.717, 1.165) is 16.8 Å². The third-order valence-corrected chi connectivity index (χ3v) is 4.96. The molecule has 0 N–H and O–H groups in total. The number of ether oxygens (including phenoxy) is 1. The van der Waals surface area contributed by atoms with Crippen LogP contribution in [-0.4, -0.2) is 41.7 Å². The van der Waals surface area contributed by atoms with Gasteiger partial charge < -0.3 is 14.5 Å². The van der Waals surface area contributed by atoms with Crippen molar-refractivity contribution in [3.05, 3.63) is 71.3 Å². The van der Waals surface area contributed by atoms with Crippen LogP contribution in [0.25, 0.3) is 0 Å². The van der Waals surface area contributed by atoms with E-state index in [1.165, 1.54) is 5.56 Å². The molecule has 158 valence electrons. The molecular formula is C24H28N2O4. The van der Waals surface area contributed by atoms with Crippen LogP contribution in [0.2, 0.25) is 0 Å². The molecular weight excluding hydrogens is 380 g/mol. The second kappa shape index (κ2) is 10.6. The standard InChI is InChI=1S/C24H28N2O4/c1-3-29-24(28)14-13-23(27)26(16-19-7-5-4-6-8-19)17-21-15-22(25-30-21)20-11-9-18(2)10-12-20/h4-12,21H,3,13-17H2,1-2H3. The number of oxime groups is 1. The maximum Gasteiger partial charge on any atom is 0.306 e. The molecule has 1 aliphatic rings. The number of carbonyl (C=O) groups is 2. The molecule has 6 nitrogen and oxygen atoms in total. The van der Waals surface area contributed by atoms with Crippen molar-refractivity contribution >= 4 is 17.6 Å². The van der Waals surface area contributed by atoms with Crippen molar-refractivity contribution in [2.24, 2.45) is 5.16 Å². The number of aryl methyl sites for hydroxylation is 1. The van der Waals surface area contributed by atoms with Crippen molar-refractivity contribution in [2.75, 3.05) is 13.2 Å². The summed E-state index contributed by atoms with van der Waals surface area (Å²) in [4.78, 5) is 31.9. The van der Waals surface area contributed by atoms with Gasteiger partial charge in [-0.05, 0) is 25.0 Å². The van der Waals surface area contributed by atoms with Gasteiger partial charge in [0.25, 0.3) is 0 Å². The molecule has 6 heteroatoms. The van der Waals surface area contributed by atoms with Crippen molar-refractivity contribution in [3.8, 4) is 0 Å². The molecule has 1 amide bonds. The number of hydrogen-bond donors (Lipinski definition) is 0. The van der Waals surface area contributed by atoms with E-state index in [9.17, 15) is 9.59 Å². The average molecular weight is 408 g/mol. The van der Waals surface area contributed by atoms with Gasteiger partial charge in [0, 0.05) is 19.4 Å².